The molecule has 1 unspecified atom stereocenters. The molecule has 1 amide bonds. The Bertz CT molecular complexity index is 1340. The first-order chi connectivity index (χ1) is 16.8. The van der Waals surface area contributed by atoms with Crippen molar-refractivity contribution in [2.75, 3.05) is 26.7 Å². The van der Waals surface area contributed by atoms with Crippen molar-refractivity contribution in [2.24, 2.45) is 0 Å². The molecule has 0 N–H and O–H groups in total. The highest BCUT2D eigenvalue weighted by Crippen LogP contribution is 2.34. The summed E-state index contributed by atoms with van der Waals surface area (Å²) >= 11 is 0. The lowest BCUT2D eigenvalue weighted by Crippen LogP contribution is -2.46. The third kappa shape index (κ3) is 4.39. The molecule has 3 aromatic rings. The van der Waals surface area contributed by atoms with Gasteiger partial charge in [0.05, 0.1) is 11.2 Å². The predicted octanol–water partition coefficient (Wildman–Crippen LogP) is 4.18. The highest BCUT2D eigenvalue weighted by atomic mass is 32.2. The van der Waals surface area contributed by atoms with Gasteiger partial charge in [0.1, 0.15) is 5.58 Å². The number of rotatable bonds is 5. The van der Waals surface area contributed by atoms with E-state index in [9.17, 15) is 13.2 Å². The lowest BCUT2D eigenvalue weighted by atomic mass is 10.00. The van der Waals surface area contributed by atoms with Crippen molar-refractivity contribution < 1.29 is 17.6 Å². The van der Waals surface area contributed by atoms with Crippen molar-refractivity contribution in [1.29, 1.82) is 0 Å². The lowest BCUT2D eigenvalue weighted by Gasteiger charge is -2.39. The van der Waals surface area contributed by atoms with Crippen LogP contribution < -0.4 is 0 Å². The van der Waals surface area contributed by atoms with Crippen LogP contribution in [0.5, 0.6) is 0 Å². The Morgan fingerprint density at radius 1 is 1.09 bits per heavy atom. The molecule has 35 heavy (non-hydrogen) atoms. The largest absolute Gasteiger partial charge is 0.464 e. The number of likely N-dealkylation sites (tertiary alicyclic amines) is 1. The number of sulfonamides is 1. The van der Waals surface area contributed by atoms with E-state index in [0.717, 1.165) is 48.0 Å². The second kappa shape index (κ2) is 9.41. The highest BCUT2D eigenvalue weighted by Gasteiger charge is 2.35. The van der Waals surface area contributed by atoms with Gasteiger partial charge in [-0.05, 0) is 49.4 Å². The fraction of sp³-hybridized carbons (Fsp3) is 0.444. The average molecular weight is 496 g/mol. The van der Waals surface area contributed by atoms with Gasteiger partial charge in [0, 0.05) is 63.2 Å². The number of carbonyl (C=O) groups is 1. The summed E-state index contributed by atoms with van der Waals surface area (Å²) in [6.07, 6.45) is 3.97. The van der Waals surface area contributed by atoms with E-state index in [4.69, 9.17) is 4.42 Å². The molecule has 7 nitrogen and oxygen atoms in total. The first-order valence-corrected chi connectivity index (χ1v) is 13.8. The zero-order valence-electron chi connectivity index (χ0n) is 20.6. The van der Waals surface area contributed by atoms with Gasteiger partial charge in [0.2, 0.25) is 15.9 Å². The molecular weight excluding hydrogens is 462 g/mol. The van der Waals surface area contributed by atoms with E-state index in [1.54, 1.807) is 35.3 Å². The number of furan rings is 1. The van der Waals surface area contributed by atoms with E-state index in [2.05, 4.69) is 17.9 Å². The van der Waals surface area contributed by atoms with Crippen LogP contribution in [0.15, 0.2) is 58.0 Å². The predicted molar refractivity (Wildman–Crippen MR) is 135 cm³/mol. The van der Waals surface area contributed by atoms with Crippen molar-refractivity contribution in [1.82, 2.24) is 14.1 Å². The molecule has 1 fully saturated rings. The summed E-state index contributed by atoms with van der Waals surface area (Å²) in [6, 6.07) is 13.7. The van der Waals surface area contributed by atoms with Crippen LogP contribution in [0.1, 0.15) is 49.4 Å². The first-order valence-electron chi connectivity index (χ1n) is 12.3. The van der Waals surface area contributed by atoms with Gasteiger partial charge in [-0.3, -0.25) is 9.69 Å². The van der Waals surface area contributed by atoms with E-state index >= 15 is 0 Å². The number of benzene rings is 2. The molecule has 3 heterocycles. The quantitative estimate of drug-likeness (QED) is 0.531. The molecule has 0 spiro atoms. The number of carbonyl (C=O) groups excluding carboxylic acids is 1. The summed E-state index contributed by atoms with van der Waals surface area (Å²) in [4.78, 5) is 16.4. The molecule has 1 saturated heterocycles. The first kappa shape index (κ1) is 24.0. The summed E-state index contributed by atoms with van der Waals surface area (Å²) in [5.74, 6) is 0.0189. The zero-order chi connectivity index (χ0) is 24.7. The Hall–Kier alpha value is -2.68. The van der Waals surface area contributed by atoms with E-state index in [0.29, 0.717) is 24.4 Å². The van der Waals surface area contributed by atoms with Crippen LogP contribution in [-0.2, 0) is 27.8 Å². The molecular formula is C27H33N3O4S. The number of hydrogen-bond acceptors (Lipinski definition) is 5. The molecule has 186 valence electrons. The topological polar surface area (TPSA) is 74.1 Å². The van der Waals surface area contributed by atoms with Crippen LogP contribution in [-0.4, -0.2) is 61.2 Å². The van der Waals surface area contributed by atoms with Crippen molar-refractivity contribution in [3.8, 4) is 0 Å². The minimum absolute atomic E-state index is 0.0189. The number of amides is 1. The highest BCUT2D eigenvalue weighted by molar-refractivity contribution is 7.89. The number of piperidine rings is 1. The Morgan fingerprint density at radius 3 is 2.57 bits per heavy atom. The minimum atomic E-state index is -3.63. The van der Waals surface area contributed by atoms with Crippen LogP contribution in [0.2, 0.25) is 0 Å². The maximum Gasteiger partial charge on any atom is 0.243 e. The molecule has 8 heteroatoms. The Kier molecular flexibility index (Phi) is 6.46. The van der Waals surface area contributed by atoms with Gasteiger partial charge in [-0.25, -0.2) is 8.42 Å². The maximum absolute atomic E-state index is 13.7. The van der Waals surface area contributed by atoms with Gasteiger partial charge in [0.25, 0.3) is 0 Å². The third-order valence-electron chi connectivity index (χ3n) is 7.85. The van der Waals surface area contributed by atoms with Gasteiger partial charge in [-0.1, -0.05) is 30.3 Å². The standard InChI is InChI=1S/C27H33N3O4S/c1-19(25-18-34-26-9-5-4-8-24(25)26)29-14-11-22(12-15-29)28(3)35(32,33)27-10-6-7-21-17-30(20(2)31)16-13-23(21)27/h4-10,18-19,22H,11-17H2,1-3H3. The number of fused-ring (bicyclic) bond motifs is 2. The maximum atomic E-state index is 13.7. The van der Waals surface area contributed by atoms with E-state index < -0.39 is 10.0 Å². The van der Waals surface area contributed by atoms with Crippen LogP contribution in [0.25, 0.3) is 11.0 Å². The summed E-state index contributed by atoms with van der Waals surface area (Å²) < 4.78 is 34.7. The lowest BCUT2D eigenvalue weighted by molar-refractivity contribution is -0.129. The summed E-state index contributed by atoms with van der Waals surface area (Å²) in [7, 11) is -1.92. The average Bonchev–Trinajstić information content (AvgIpc) is 3.31. The van der Waals surface area contributed by atoms with Crippen LogP contribution in [0, 0.1) is 0 Å². The molecule has 1 atom stereocenters. The smallest absolute Gasteiger partial charge is 0.243 e. The molecule has 0 aliphatic carbocycles. The summed E-state index contributed by atoms with van der Waals surface area (Å²) in [5, 5.41) is 1.14. The molecule has 0 bridgehead atoms. The SMILES string of the molecule is CC(=O)N1CCc2c(cccc2S(=O)(=O)N(C)C2CCN(C(C)c3coc4ccccc34)CC2)C1. The van der Waals surface area contributed by atoms with Crippen molar-refractivity contribution in [3.05, 3.63) is 65.4 Å². The molecule has 2 aliphatic heterocycles. The number of nitrogens with zero attached hydrogens (tertiary/aromatic N) is 3. The summed E-state index contributed by atoms with van der Waals surface area (Å²) in [6.45, 7) is 6.42. The number of hydrogen-bond donors (Lipinski definition) is 0. The third-order valence-corrected chi connectivity index (χ3v) is 9.84. The van der Waals surface area contributed by atoms with Crippen LogP contribution in [0.4, 0.5) is 0 Å². The van der Waals surface area contributed by atoms with Gasteiger partial charge in [-0.15, -0.1) is 0 Å². The van der Waals surface area contributed by atoms with Crippen LogP contribution >= 0.6 is 0 Å². The van der Waals surface area contributed by atoms with Crippen LogP contribution in [0.3, 0.4) is 0 Å². The van der Waals surface area contributed by atoms with Crippen molar-refractivity contribution in [3.63, 3.8) is 0 Å². The molecule has 2 aromatic carbocycles. The van der Waals surface area contributed by atoms with Gasteiger partial charge >= 0.3 is 0 Å². The zero-order valence-corrected chi connectivity index (χ0v) is 21.4. The van der Waals surface area contributed by atoms with E-state index in [-0.39, 0.29) is 18.0 Å². The molecule has 1 aromatic heterocycles. The van der Waals surface area contributed by atoms with Crippen molar-refractivity contribution >= 4 is 26.9 Å². The second-order valence-corrected chi connectivity index (χ2v) is 11.7. The van der Waals surface area contributed by atoms with Gasteiger partial charge in [0.15, 0.2) is 0 Å². The van der Waals surface area contributed by atoms with Crippen molar-refractivity contribution in [2.45, 2.75) is 56.6 Å². The minimum Gasteiger partial charge on any atom is -0.464 e. The van der Waals surface area contributed by atoms with E-state index in [1.807, 2.05) is 30.5 Å². The second-order valence-electron chi connectivity index (χ2n) is 9.74. The number of para-hydroxylation sites is 1. The molecule has 0 saturated carbocycles. The van der Waals surface area contributed by atoms with Gasteiger partial charge in [-0.2, -0.15) is 4.31 Å². The Morgan fingerprint density at radius 2 is 1.83 bits per heavy atom. The Labute approximate surface area is 207 Å². The normalized spacial score (nSPS) is 18.7. The van der Waals surface area contributed by atoms with Gasteiger partial charge < -0.3 is 9.32 Å². The summed E-state index contributed by atoms with van der Waals surface area (Å²) in [5.41, 5.74) is 3.86. The fourth-order valence-corrected chi connectivity index (χ4v) is 7.30. The van der Waals surface area contributed by atoms with E-state index in [1.165, 1.54) is 5.56 Å². The Balaban J connectivity index is 1.29. The molecule has 0 radical (unpaired) electrons. The monoisotopic (exact) mass is 495 g/mol. The molecule has 5 rings (SSSR count). The fourth-order valence-electron chi connectivity index (χ4n) is 5.59. The molecule has 2 aliphatic rings.